The molecule has 0 radical (unpaired) electrons. The summed E-state index contributed by atoms with van der Waals surface area (Å²) in [5.74, 6) is 1.34. The van der Waals surface area contributed by atoms with E-state index in [1.54, 1.807) is 0 Å². The smallest absolute Gasteiger partial charge is 0.0700 e. The summed E-state index contributed by atoms with van der Waals surface area (Å²) in [5.41, 5.74) is 0. The molecule has 0 N–H and O–H groups in total. The number of unbranched alkanes of at least 4 members (excludes halogenated alkanes) is 1. The van der Waals surface area contributed by atoms with Crippen molar-refractivity contribution in [3.63, 3.8) is 0 Å². The molecule has 80 valence electrons. The van der Waals surface area contributed by atoms with Gasteiger partial charge in [-0.3, -0.25) is 0 Å². The lowest BCUT2D eigenvalue weighted by Crippen LogP contribution is -2.09. The molecule has 0 heterocycles. The molecular formula is C10H21ClO2. The zero-order chi connectivity index (χ0) is 9.94. The summed E-state index contributed by atoms with van der Waals surface area (Å²) in [7, 11) is 0. The number of hydrogen-bond acceptors (Lipinski definition) is 2. The fourth-order valence-electron chi connectivity index (χ4n) is 0.838. The third-order valence-corrected chi connectivity index (χ3v) is 1.76. The van der Waals surface area contributed by atoms with Crippen molar-refractivity contribution in [2.24, 2.45) is 5.92 Å². The van der Waals surface area contributed by atoms with Gasteiger partial charge in [-0.15, -0.1) is 11.6 Å². The first-order valence-electron chi connectivity index (χ1n) is 4.98. The van der Waals surface area contributed by atoms with Crippen molar-refractivity contribution in [3.05, 3.63) is 0 Å². The van der Waals surface area contributed by atoms with Gasteiger partial charge < -0.3 is 9.47 Å². The minimum absolute atomic E-state index is 0.608. The predicted octanol–water partition coefficient (Wildman–Crippen LogP) is 2.69. The quantitative estimate of drug-likeness (QED) is 0.429. The summed E-state index contributed by atoms with van der Waals surface area (Å²) in [6.07, 6.45) is 2.09. The Hall–Kier alpha value is 0.210. The van der Waals surface area contributed by atoms with Crippen molar-refractivity contribution in [1.82, 2.24) is 0 Å². The van der Waals surface area contributed by atoms with E-state index in [1.807, 2.05) is 0 Å². The van der Waals surface area contributed by atoms with Gasteiger partial charge in [-0.25, -0.2) is 0 Å². The van der Waals surface area contributed by atoms with Crippen LogP contribution in [0.25, 0.3) is 0 Å². The number of ether oxygens (including phenoxy) is 2. The highest BCUT2D eigenvalue weighted by Gasteiger charge is 1.93. The lowest BCUT2D eigenvalue weighted by Gasteiger charge is -2.07. The third-order valence-electron chi connectivity index (χ3n) is 1.50. The van der Waals surface area contributed by atoms with Crippen LogP contribution in [0.4, 0.5) is 0 Å². The maximum atomic E-state index is 5.52. The summed E-state index contributed by atoms with van der Waals surface area (Å²) in [5, 5.41) is 0. The largest absolute Gasteiger partial charge is 0.379 e. The van der Waals surface area contributed by atoms with Gasteiger partial charge >= 0.3 is 0 Å². The molecule has 0 aliphatic heterocycles. The molecule has 2 nitrogen and oxygen atoms in total. The molecule has 0 aromatic carbocycles. The first-order chi connectivity index (χ1) is 6.27. The second-order valence-corrected chi connectivity index (χ2v) is 3.86. The highest BCUT2D eigenvalue weighted by Crippen LogP contribution is 1.94. The predicted molar refractivity (Wildman–Crippen MR) is 56.4 cm³/mol. The monoisotopic (exact) mass is 208 g/mol. The molecule has 0 aliphatic carbocycles. The molecule has 0 saturated carbocycles. The van der Waals surface area contributed by atoms with Gasteiger partial charge in [0.1, 0.15) is 0 Å². The molecule has 13 heavy (non-hydrogen) atoms. The summed E-state index contributed by atoms with van der Waals surface area (Å²) in [6.45, 7) is 7.32. The zero-order valence-electron chi connectivity index (χ0n) is 8.72. The van der Waals surface area contributed by atoms with E-state index in [9.17, 15) is 0 Å². The van der Waals surface area contributed by atoms with Gasteiger partial charge in [-0.05, 0) is 18.8 Å². The Bertz CT molecular complexity index is 96.9. The van der Waals surface area contributed by atoms with E-state index in [1.165, 1.54) is 0 Å². The molecule has 0 spiro atoms. The van der Waals surface area contributed by atoms with Gasteiger partial charge in [-0.1, -0.05) is 13.8 Å². The average Bonchev–Trinajstić information content (AvgIpc) is 2.09. The van der Waals surface area contributed by atoms with E-state index in [2.05, 4.69) is 13.8 Å². The Labute approximate surface area is 86.6 Å². The van der Waals surface area contributed by atoms with Crippen LogP contribution in [0.15, 0.2) is 0 Å². The van der Waals surface area contributed by atoms with Crippen LogP contribution in [0, 0.1) is 5.92 Å². The highest BCUT2D eigenvalue weighted by molar-refractivity contribution is 6.17. The normalized spacial score (nSPS) is 11.1. The fourth-order valence-corrected chi connectivity index (χ4v) is 1.03. The first-order valence-corrected chi connectivity index (χ1v) is 5.52. The summed E-state index contributed by atoms with van der Waals surface area (Å²) in [6, 6.07) is 0. The molecule has 0 aromatic rings. The molecule has 0 aliphatic rings. The molecule has 3 heteroatoms. The average molecular weight is 209 g/mol. The van der Waals surface area contributed by atoms with Crippen LogP contribution < -0.4 is 0 Å². The first kappa shape index (κ1) is 13.2. The minimum atomic E-state index is 0.608. The van der Waals surface area contributed by atoms with Crippen molar-refractivity contribution >= 4 is 11.6 Å². The fraction of sp³-hybridized carbons (Fsp3) is 1.00. The third kappa shape index (κ3) is 12.2. The maximum absolute atomic E-state index is 5.52. The summed E-state index contributed by atoms with van der Waals surface area (Å²) < 4.78 is 10.7. The van der Waals surface area contributed by atoms with Crippen molar-refractivity contribution in [2.45, 2.75) is 26.7 Å². The number of alkyl halides is 1. The van der Waals surface area contributed by atoms with Gasteiger partial charge in [0.25, 0.3) is 0 Å². The van der Waals surface area contributed by atoms with Gasteiger partial charge in [0.15, 0.2) is 0 Å². The molecule has 0 bridgehead atoms. The van der Waals surface area contributed by atoms with Crippen LogP contribution in [0.1, 0.15) is 26.7 Å². The summed E-state index contributed by atoms with van der Waals surface area (Å²) >= 11 is 5.52. The van der Waals surface area contributed by atoms with E-state index in [4.69, 9.17) is 21.1 Å². The Balaban J connectivity index is 2.84. The van der Waals surface area contributed by atoms with E-state index in [-0.39, 0.29) is 0 Å². The van der Waals surface area contributed by atoms with Gasteiger partial charge in [0.2, 0.25) is 0 Å². The van der Waals surface area contributed by atoms with Crippen molar-refractivity contribution in [1.29, 1.82) is 0 Å². The second-order valence-electron chi connectivity index (χ2n) is 3.48. The SMILES string of the molecule is CC(C)COCCOCCCCCl. The molecule has 0 amide bonds. The topological polar surface area (TPSA) is 18.5 Å². The van der Waals surface area contributed by atoms with Crippen molar-refractivity contribution in [3.8, 4) is 0 Å². The van der Waals surface area contributed by atoms with Crippen LogP contribution in [0.3, 0.4) is 0 Å². The molecule has 0 saturated heterocycles. The molecule has 0 aromatic heterocycles. The van der Waals surface area contributed by atoms with Crippen LogP contribution in [0.2, 0.25) is 0 Å². The van der Waals surface area contributed by atoms with Crippen LogP contribution in [-0.2, 0) is 9.47 Å². The highest BCUT2D eigenvalue weighted by atomic mass is 35.5. The van der Waals surface area contributed by atoms with Crippen LogP contribution in [0.5, 0.6) is 0 Å². The van der Waals surface area contributed by atoms with Crippen LogP contribution in [-0.4, -0.2) is 32.3 Å². The Morgan fingerprint density at radius 3 is 2.31 bits per heavy atom. The lowest BCUT2D eigenvalue weighted by atomic mass is 10.2. The van der Waals surface area contributed by atoms with E-state index >= 15 is 0 Å². The van der Waals surface area contributed by atoms with Gasteiger partial charge in [0.05, 0.1) is 13.2 Å². The molecule has 0 fully saturated rings. The zero-order valence-corrected chi connectivity index (χ0v) is 9.48. The Kier molecular flexibility index (Phi) is 10.5. The Morgan fingerprint density at radius 1 is 1.00 bits per heavy atom. The Morgan fingerprint density at radius 2 is 1.69 bits per heavy atom. The summed E-state index contributed by atoms with van der Waals surface area (Å²) in [4.78, 5) is 0. The van der Waals surface area contributed by atoms with E-state index in [0.29, 0.717) is 19.1 Å². The molecular weight excluding hydrogens is 188 g/mol. The van der Waals surface area contributed by atoms with Gasteiger partial charge in [-0.2, -0.15) is 0 Å². The van der Waals surface area contributed by atoms with Crippen LogP contribution >= 0.6 is 11.6 Å². The van der Waals surface area contributed by atoms with Crippen molar-refractivity contribution < 1.29 is 9.47 Å². The van der Waals surface area contributed by atoms with Gasteiger partial charge in [0, 0.05) is 19.1 Å². The lowest BCUT2D eigenvalue weighted by molar-refractivity contribution is 0.0370. The second kappa shape index (κ2) is 10.3. The number of halogens is 1. The minimum Gasteiger partial charge on any atom is -0.379 e. The molecule has 0 atom stereocenters. The molecule has 0 rings (SSSR count). The van der Waals surface area contributed by atoms with E-state index in [0.717, 1.165) is 31.9 Å². The van der Waals surface area contributed by atoms with Crippen molar-refractivity contribution in [2.75, 3.05) is 32.3 Å². The number of hydrogen-bond donors (Lipinski definition) is 0. The standard InChI is InChI=1S/C10H21ClO2/c1-10(2)9-13-8-7-12-6-4-3-5-11/h10H,3-9H2,1-2H3. The van der Waals surface area contributed by atoms with E-state index < -0.39 is 0 Å². The number of rotatable bonds is 9. The molecule has 0 unspecified atom stereocenters. The maximum Gasteiger partial charge on any atom is 0.0700 e.